The highest BCUT2D eigenvalue weighted by atomic mass is 16.1. The Bertz CT molecular complexity index is 1360. The lowest BCUT2D eigenvalue weighted by atomic mass is 9.95. The Labute approximate surface area is 155 Å². The van der Waals surface area contributed by atoms with Crippen molar-refractivity contribution in [2.75, 3.05) is 0 Å². The quantitative estimate of drug-likeness (QED) is 0.250. The van der Waals surface area contributed by atoms with Crippen molar-refractivity contribution < 1.29 is 4.79 Å². The van der Waals surface area contributed by atoms with Crippen molar-refractivity contribution in [3.63, 3.8) is 0 Å². The van der Waals surface area contributed by atoms with Gasteiger partial charge in [-0.05, 0) is 30.7 Å². The Kier molecular flexibility index (Phi) is 3.44. The number of ketones is 1. The molecule has 0 unspecified atom stereocenters. The number of hydrogen-bond donors (Lipinski definition) is 0. The minimum atomic E-state index is 0.0386. The van der Waals surface area contributed by atoms with Crippen molar-refractivity contribution in [2.45, 2.75) is 6.92 Å². The van der Waals surface area contributed by atoms with Crippen LogP contribution in [0.2, 0.25) is 0 Å². The molecule has 27 heavy (non-hydrogen) atoms. The lowest BCUT2D eigenvalue weighted by Crippen LogP contribution is -1.97. The van der Waals surface area contributed by atoms with Gasteiger partial charge in [0, 0.05) is 39.7 Å². The van der Waals surface area contributed by atoms with Crippen LogP contribution in [0.4, 0.5) is 0 Å². The predicted octanol–water partition coefficient (Wildman–Crippen LogP) is 5.20. The van der Waals surface area contributed by atoms with Gasteiger partial charge in [-0.1, -0.05) is 42.5 Å². The summed E-state index contributed by atoms with van der Waals surface area (Å²) in [4.78, 5) is 26.0. The summed E-state index contributed by atoms with van der Waals surface area (Å²) in [6, 6.07) is 19.6. The molecule has 0 amide bonds. The molecule has 0 atom stereocenters. The summed E-state index contributed by atoms with van der Waals surface area (Å²) in [5.41, 5.74) is 4.94. The summed E-state index contributed by atoms with van der Waals surface area (Å²) in [7, 11) is 0. The number of rotatable bonds is 2. The third kappa shape index (κ3) is 2.46. The lowest BCUT2D eigenvalue weighted by Gasteiger charge is -2.11. The number of hydrogen-bond acceptors (Lipinski definition) is 4. The molecule has 0 spiro atoms. The van der Waals surface area contributed by atoms with Crippen molar-refractivity contribution in [2.24, 2.45) is 0 Å². The number of benzene rings is 2. The van der Waals surface area contributed by atoms with E-state index in [1.165, 1.54) is 0 Å². The second-order valence-corrected chi connectivity index (χ2v) is 6.54. The first-order chi connectivity index (χ1) is 13.2. The van der Waals surface area contributed by atoms with E-state index in [1.54, 1.807) is 13.1 Å². The highest BCUT2D eigenvalue weighted by Crippen LogP contribution is 2.33. The average molecular weight is 349 g/mol. The minimum Gasteiger partial charge on any atom is -0.294 e. The van der Waals surface area contributed by atoms with Crippen molar-refractivity contribution in [3.05, 3.63) is 78.6 Å². The fraction of sp³-hybridized carbons (Fsp3) is 0.0435. The van der Waals surface area contributed by atoms with Gasteiger partial charge in [-0.3, -0.25) is 9.78 Å². The van der Waals surface area contributed by atoms with Gasteiger partial charge in [-0.15, -0.1) is 0 Å². The van der Waals surface area contributed by atoms with Gasteiger partial charge >= 0.3 is 0 Å². The van der Waals surface area contributed by atoms with Gasteiger partial charge in [0.2, 0.25) is 0 Å². The van der Waals surface area contributed by atoms with E-state index in [4.69, 9.17) is 9.97 Å². The number of nitrogens with zero attached hydrogens (tertiary/aromatic N) is 3. The Balaban J connectivity index is 1.87. The number of fused-ring (bicyclic) bond motifs is 4. The number of carbonyl (C=O) groups is 1. The van der Waals surface area contributed by atoms with E-state index in [9.17, 15) is 4.79 Å². The van der Waals surface area contributed by atoms with Gasteiger partial charge in [0.1, 0.15) is 0 Å². The molecule has 0 fully saturated rings. The maximum absolute atomic E-state index is 12.1. The number of carbonyl (C=O) groups excluding carboxylic acids is 1. The molecule has 0 N–H and O–H groups in total. The SMILES string of the molecule is CC(=O)c1ccccc1-c1cccc2c1ncc1cc3cccnc3nc12. The lowest BCUT2D eigenvalue weighted by molar-refractivity contribution is 0.101. The van der Waals surface area contributed by atoms with Gasteiger partial charge in [-0.2, -0.15) is 0 Å². The fourth-order valence-corrected chi connectivity index (χ4v) is 3.59. The minimum absolute atomic E-state index is 0.0386. The molecule has 0 saturated heterocycles. The van der Waals surface area contributed by atoms with Crippen LogP contribution in [0.3, 0.4) is 0 Å². The summed E-state index contributed by atoms with van der Waals surface area (Å²) in [5.74, 6) is 0.0386. The zero-order valence-electron chi connectivity index (χ0n) is 14.7. The van der Waals surface area contributed by atoms with Crippen LogP contribution in [0, 0.1) is 0 Å². The summed E-state index contributed by atoms with van der Waals surface area (Å²) < 4.78 is 0. The van der Waals surface area contributed by atoms with E-state index in [2.05, 4.69) is 11.1 Å². The van der Waals surface area contributed by atoms with Crippen LogP contribution in [0.1, 0.15) is 17.3 Å². The number of Topliss-reactive ketones (excluding diaryl/α,β-unsaturated/α-hetero) is 1. The molecular weight excluding hydrogens is 334 g/mol. The van der Waals surface area contributed by atoms with Crippen LogP contribution in [-0.2, 0) is 0 Å². The predicted molar refractivity (Wildman–Crippen MR) is 108 cm³/mol. The molecule has 0 saturated carbocycles. The second-order valence-electron chi connectivity index (χ2n) is 6.54. The van der Waals surface area contributed by atoms with E-state index >= 15 is 0 Å². The Morgan fingerprint density at radius 1 is 0.815 bits per heavy atom. The van der Waals surface area contributed by atoms with Crippen molar-refractivity contribution in [1.82, 2.24) is 15.0 Å². The van der Waals surface area contributed by atoms with E-state index in [-0.39, 0.29) is 5.78 Å². The van der Waals surface area contributed by atoms with Gasteiger partial charge < -0.3 is 0 Å². The molecule has 2 aromatic carbocycles. The fourth-order valence-electron chi connectivity index (χ4n) is 3.59. The zero-order chi connectivity index (χ0) is 18.4. The van der Waals surface area contributed by atoms with Crippen molar-refractivity contribution in [3.8, 4) is 11.1 Å². The molecule has 4 nitrogen and oxygen atoms in total. The monoisotopic (exact) mass is 349 g/mol. The van der Waals surface area contributed by atoms with Crippen LogP contribution in [0.5, 0.6) is 0 Å². The largest absolute Gasteiger partial charge is 0.294 e. The maximum Gasteiger partial charge on any atom is 0.160 e. The summed E-state index contributed by atoms with van der Waals surface area (Å²) in [5, 5.41) is 2.92. The molecule has 3 aromatic heterocycles. The highest BCUT2D eigenvalue weighted by Gasteiger charge is 2.14. The standard InChI is InChI=1S/C23H15N3O/c1-14(27)17-7-2-3-8-18(17)19-9-4-10-20-21-16(13-25-22(19)20)12-15-6-5-11-24-23(15)26-21/h2-13H,1H3. The Hall–Kier alpha value is -3.66. The smallest absolute Gasteiger partial charge is 0.160 e. The van der Waals surface area contributed by atoms with E-state index in [0.717, 1.165) is 38.3 Å². The van der Waals surface area contributed by atoms with Crippen LogP contribution in [0.15, 0.2) is 73.1 Å². The molecule has 0 aliphatic heterocycles. The number of aromatic nitrogens is 3. The van der Waals surface area contributed by atoms with E-state index < -0.39 is 0 Å². The van der Waals surface area contributed by atoms with Crippen LogP contribution >= 0.6 is 0 Å². The van der Waals surface area contributed by atoms with Crippen LogP contribution in [0.25, 0.3) is 44.0 Å². The average Bonchev–Trinajstić information content (AvgIpc) is 2.71. The van der Waals surface area contributed by atoms with E-state index in [0.29, 0.717) is 11.2 Å². The molecule has 4 heteroatoms. The molecule has 128 valence electrons. The topological polar surface area (TPSA) is 55.7 Å². The first-order valence-electron chi connectivity index (χ1n) is 8.76. The third-order valence-electron chi connectivity index (χ3n) is 4.84. The van der Waals surface area contributed by atoms with Crippen molar-refractivity contribution >= 4 is 38.6 Å². The summed E-state index contributed by atoms with van der Waals surface area (Å²) in [6.45, 7) is 1.59. The second kappa shape index (κ2) is 5.95. The van der Waals surface area contributed by atoms with Crippen LogP contribution < -0.4 is 0 Å². The van der Waals surface area contributed by atoms with Gasteiger partial charge in [0.25, 0.3) is 0 Å². The van der Waals surface area contributed by atoms with E-state index in [1.807, 2.05) is 60.8 Å². The number of para-hydroxylation sites is 1. The molecule has 5 aromatic rings. The number of pyridine rings is 3. The molecular formula is C23H15N3O. The van der Waals surface area contributed by atoms with Gasteiger partial charge in [0.05, 0.1) is 11.0 Å². The first-order valence-corrected chi connectivity index (χ1v) is 8.76. The molecule has 3 heterocycles. The normalized spacial score (nSPS) is 11.3. The Morgan fingerprint density at radius 3 is 2.56 bits per heavy atom. The third-order valence-corrected chi connectivity index (χ3v) is 4.84. The van der Waals surface area contributed by atoms with Gasteiger partial charge in [-0.25, -0.2) is 9.97 Å². The molecule has 0 aliphatic carbocycles. The molecule has 0 bridgehead atoms. The zero-order valence-corrected chi connectivity index (χ0v) is 14.7. The molecule has 5 rings (SSSR count). The Morgan fingerprint density at radius 2 is 1.67 bits per heavy atom. The van der Waals surface area contributed by atoms with Gasteiger partial charge in [0.15, 0.2) is 11.4 Å². The summed E-state index contributed by atoms with van der Waals surface area (Å²) >= 11 is 0. The van der Waals surface area contributed by atoms with Crippen molar-refractivity contribution in [1.29, 1.82) is 0 Å². The van der Waals surface area contributed by atoms with Crippen LogP contribution in [-0.4, -0.2) is 20.7 Å². The highest BCUT2D eigenvalue weighted by molar-refractivity contribution is 6.12. The molecule has 0 radical (unpaired) electrons. The summed E-state index contributed by atoms with van der Waals surface area (Å²) in [6.07, 6.45) is 3.59. The molecule has 0 aliphatic rings. The first kappa shape index (κ1) is 15.6. The maximum atomic E-state index is 12.1.